The topological polar surface area (TPSA) is 48.1 Å². The van der Waals surface area contributed by atoms with E-state index in [0.29, 0.717) is 0 Å². The lowest BCUT2D eigenvalue weighted by molar-refractivity contribution is -0.0163. The third kappa shape index (κ3) is 3.13. The summed E-state index contributed by atoms with van der Waals surface area (Å²) in [5.41, 5.74) is 6.19. The molecular formula is C29H33N3O. The van der Waals surface area contributed by atoms with Gasteiger partial charge in [0.15, 0.2) is 0 Å². The minimum Gasteiger partial charge on any atom is -0.356 e. The van der Waals surface area contributed by atoms with Crippen molar-refractivity contribution >= 4 is 16.9 Å². The van der Waals surface area contributed by atoms with Gasteiger partial charge in [-0.3, -0.25) is 0 Å². The molecule has 2 N–H and O–H groups in total. The Hall–Kier alpha value is -2.75. The molecule has 0 spiro atoms. The number of aromatic nitrogens is 1. The lowest BCUT2D eigenvalue weighted by Crippen LogP contribution is -2.62. The second-order valence-electron chi connectivity index (χ2n) is 11.4. The van der Waals surface area contributed by atoms with E-state index in [1.54, 1.807) is 0 Å². The van der Waals surface area contributed by atoms with Crippen LogP contribution in [0, 0.1) is 24.7 Å². The Morgan fingerprint density at radius 2 is 1.64 bits per heavy atom. The summed E-state index contributed by atoms with van der Waals surface area (Å²) in [5.74, 6) is 2.48. The van der Waals surface area contributed by atoms with E-state index in [-0.39, 0.29) is 17.6 Å². The number of rotatable bonds is 2. The average Bonchev–Trinajstić information content (AvgIpc) is 3.16. The highest BCUT2D eigenvalue weighted by molar-refractivity contribution is 5.86. The van der Waals surface area contributed by atoms with Crippen molar-refractivity contribution in [1.82, 2.24) is 15.2 Å². The summed E-state index contributed by atoms with van der Waals surface area (Å²) >= 11 is 0. The Morgan fingerprint density at radius 1 is 0.970 bits per heavy atom. The van der Waals surface area contributed by atoms with Crippen LogP contribution in [0.5, 0.6) is 0 Å². The molecule has 0 unspecified atom stereocenters. The van der Waals surface area contributed by atoms with Crippen LogP contribution in [0.15, 0.2) is 48.5 Å². The molecule has 4 nitrogen and oxygen atoms in total. The zero-order chi connectivity index (χ0) is 22.2. The van der Waals surface area contributed by atoms with E-state index in [2.05, 4.69) is 70.7 Å². The van der Waals surface area contributed by atoms with Crippen LogP contribution in [0.1, 0.15) is 67.0 Å². The molecule has 1 aromatic heterocycles. The fourth-order valence-corrected chi connectivity index (χ4v) is 8.12. The van der Waals surface area contributed by atoms with Crippen LogP contribution in [0.3, 0.4) is 0 Å². The molecule has 2 amide bonds. The number of aryl methyl sites for hydroxylation is 1. The van der Waals surface area contributed by atoms with Crippen molar-refractivity contribution in [3.63, 3.8) is 0 Å². The molecule has 4 saturated carbocycles. The normalized spacial score (nSPS) is 32.2. The van der Waals surface area contributed by atoms with Crippen LogP contribution in [0.2, 0.25) is 0 Å². The van der Waals surface area contributed by atoms with Gasteiger partial charge in [0.25, 0.3) is 0 Å². The maximum absolute atomic E-state index is 14.0. The van der Waals surface area contributed by atoms with Gasteiger partial charge in [-0.15, -0.1) is 0 Å². The van der Waals surface area contributed by atoms with E-state index in [9.17, 15) is 4.79 Å². The van der Waals surface area contributed by atoms with Crippen molar-refractivity contribution in [3.8, 4) is 0 Å². The number of carbonyl (C=O) groups is 1. The molecule has 8 rings (SSSR count). The second-order valence-corrected chi connectivity index (χ2v) is 11.4. The first-order valence-electron chi connectivity index (χ1n) is 12.8. The summed E-state index contributed by atoms with van der Waals surface area (Å²) in [6, 6.07) is 17.4. The number of para-hydroxylation sites is 1. The van der Waals surface area contributed by atoms with E-state index >= 15 is 0 Å². The van der Waals surface area contributed by atoms with Crippen LogP contribution in [0.25, 0.3) is 10.9 Å². The summed E-state index contributed by atoms with van der Waals surface area (Å²) < 4.78 is 0. The molecule has 3 aromatic rings. The SMILES string of the molecule is Cc1ccc([C@@H]2c3[nH]c4ccccc4c3CCN2C(=O)NC23CC4CC(CC(C4)C2)C3)cc1. The Labute approximate surface area is 195 Å². The lowest BCUT2D eigenvalue weighted by atomic mass is 9.53. The number of carbonyl (C=O) groups excluding carboxylic acids is 1. The maximum atomic E-state index is 14.0. The highest BCUT2D eigenvalue weighted by Crippen LogP contribution is 2.55. The number of nitrogens with one attached hydrogen (secondary N) is 2. The Morgan fingerprint density at radius 3 is 2.33 bits per heavy atom. The Bertz CT molecular complexity index is 1190. The van der Waals surface area contributed by atoms with Gasteiger partial charge in [-0.1, -0.05) is 48.0 Å². The summed E-state index contributed by atoms with van der Waals surface area (Å²) in [5, 5.41) is 4.94. The van der Waals surface area contributed by atoms with E-state index in [4.69, 9.17) is 0 Å². The predicted octanol–water partition coefficient (Wildman–Crippen LogP) is 6.10. The second kappa shape index (κ2) is 7.12. The van der Waals surface area contributed by atoms with Crippen LogP contribution in [0.4, 0.5) is 4.79 Å². The molecule has 0 saturated heterocycles. The number of H-pyrrole nitrogens is 1. The number of benzene rings is 2. The van der Waals surface area contributed by atoms with Gasteiger partial charge in [0.2, 0.25) is 0 Å². The van der Waals surface area contributed by atoms with Gasteiger partial charge in [-0.05, 0) is 86.8 Å². The van der Waals surface area contributed by atoms with Crippen LogP contribution in [-0.4, -0.2) is 28.0 Å². The van der Waals surface area contributed by atoms with Gasteiger partial charge < -0.3 is 15.2 Å². The van der Waals surface area contributed by atoms with Crippen molar-refractivity contribution < 1.29 is 4.79 Å². The van der Waals surface area contributed by atoms with Gasteiger partial charge in [0, 0.05) is 28.7 Å². The average molecular weight is 440 g/mol. The molecule has 0 radical (unpaired) electrons. The quantitative estimate of drug-likeness (QED) is 0.498. The van der Waals surface area contributed by atoms with Crippen molar-refractivity contribution in [2.75, 3.05) is 6.54 Å². The zero-order valence-corrected chi connectivity index (χ0v) is 19.4. The summed E-state index contributed by atoms with van der Waals surface area (Å²) in [6.07, 6.45) is 8.63. The van der Waals surface area contributed by atoms with E-state index in [1.165, 1.54) is 71.8 Å². The van der Waals surface area contributed by atoms with Gasteiger partial charge in [0.1, 0.15) is 0 Å². The summed E-state index contributed by atoms with van der Waals surface area (Å²) in [7, 11) is 0. The minimum atomic E-state index is -0.0735. The van der Waals surface area contributed by atoms with Crippen LogP contribution < -0.4 is 5.32 Å². The van der Waals surface area contributed by atoms with Gasteiger partial charge in [-0.2, -0.15) is 0 Å². The zero-order valence-electron chi connectivity index (χ0n) is 19.4. The molecule has 4 heteroatoms. The minimum absolute atomic E-state index is 0.0321. The molecule has 170 valence electrons. The van der Waals surface area contributed by atoms with Gasteiger partial charge in [-0.25, -0.2) is 4.79 Å². The molecule has 4 fully saturated rings. The number of hydrogen-bond acceptors (Lipinski definition) is 1. The standard InChI is InChI=1S/C29H33N3O/c1-18-6-8-22(9-7-18)27-26-24(23-4-2-3-5-25(23)30-26)10-11-32(27)28(33)31-29-15-19-12-20(16-29)14-21(13-19)17-29/h2-9,19-21,27,30H,10-17H2,1H3,(H,31,33)/t19?,20?,21?,27-,29?/m1/s1. The number of urea groups is 1. The number of nitrogens with zero attached hydrogens (tertiary/aromatic N) is 1. The van der Waals surface area contributed by atoms with E-state index in [1.807, 2.05) is 0 Å². The number of aromatic amines is 1. The largest absolute Gasteiger partial charge is 0.356 e. The molecule has 4 aliphatic carbocycles. The molecule has 5 aliphatic rings. The Kier molecular flexibility index (Phi) is 4.25. The molecule has 2 heterocycles. The first kappa shape index (κ1) is 19.7. The van der Waals surface area contributed by atoms with Crippen molar-refractivity contribution in [1.29, 1.82) is 0 Å². The van der Waals surface area contributed by atoms with Crippen molar-refractivity contribution in [2.24, 2.45) is 17.8 Å². The Balaban J connectivity index is 1.26. The smallest absolute Gasteiger partial charge is 0.318 e. The fraction of sp³-hybridized carbons (Fsp3) is 0.483. The first-order chi connectivity index (χ1) is 16.1. The maximum Gasteiger partial charge on any atom is 0.318 e. The molecule has 2 aromatic carbocycles. The van der Waals surface area contributed by atoms with E-state index < -0.39 is 0 Å². The first-order valence-corrected chi connectivity index (χ1v) is 12.8. The highest BCUT2D eigenvalue weighted by atomic mass is 16.2. The van der Waals surface area contributed by atoms with Crippen LogP contribution in [-0.2, 0) is 6.42 Å². The van der Waals surface area contributed by atoms with Gasteiger partial charge in [0.05, 0.1) is 6.04 Å². The van der Waals surface area contributed by atoms with Gasteiger partial charge >= 0.3 is 6.03 Å². The molecular weight excluding hydrogens is 406 g/mol. The van der Waals surface area contributed by atoms with E-state index in [0.717, 1.165) is 30.7 Å². The third-order valence-corrected chi connectivity index (χ3v) is 9.10. The number of hydrogen-bond donors (Lipinski definition) is 2. The third-order valence-electron chi connectivity index (χ3n) is 9.10. The summed E-state index contributed by atoms with van der Waals surface area (Å²) in [6.45, 7) is 2.88. The summed E-state index contributed by atoms with van der Waals surface area (Å²) in [4.78, 5) is 19.8. The molecule has 4 bridgehead atoms. The predicted molar refractivity (Wildman–Crippen MR) is 131 cm³/mol. The number of fused-ring (bicyclic) bond motifs is 3. The monoisotopic (exact) mass is 439 g/mol. The molecule has 1 atom stereocenters. The molecule has 33 heavy (non-hydrogen) atoms. The molecule has 1 aliphatic heterocycles. The fourth-order valence-electron chi connectivity index (χ4n) is 8.12. The highest BCUT2D eigenvalue weighted by Gasteiger charge is 2.52. The van der Waals surface area contributed by atoms with Crippen LogP contribution >= 0.6 is 0 Å². The number of amides is 2. The van der Waals surface area contributed by atoms with Crippen molar-refractivity contribution in [3.05, 3.63) is 70.9 Å². The lowest BCUT2D eigenvalue weighted by Gasteiger charge is -2.57. The van der Waals surface area contributed by atoms with Crippen molar-refractivity contribution in [2.45, 2.75) is 63.5 Å².